The van der Waals surface area contributed by atoms with E-state index in [1.54, 1.807) is 18.3 Å². The van der Waals surface area contributed by atoms with Crippen molar-refractivity contribution in [3.05, 3.63) is 105 Å². The van der Waals surface area contributed by atoms with Gasteiger partial charge in [-0.25, -0.2) is 0 Å². The predicted molar refractivity (Wildman–Crippen MR) is 208 cm³/mol. The number of rotatable bonds is 16. The molecule has 54 heavy (non-hydrogen) atoms. The topological polar surface area (TPSA) is 128 Å². The summed E-state index contributed by atoms with van der Waals surface area (Å²) in [7, 11) is 0. The third kappa shape index (κ3) is 10.0. The number of carboxylic acid groups (broad SMARTS) is 1. The van der Waals surface area contributed by atoms with Gasteiger partial charge >= 0.3 is 5.97 Å². The number of aliphatic hydroxyl groups excluding tert-OH is 1. The molecule has 12 heteroatoms. The van der Waals surface area contributed by atoms with E-state index in [-0.39, 0.29) is 19.3 Å². The quantitative estimate of drug-likeness (QED) is 0.109. The van der Waals surface area contributed by atoms with Crippen LogP contribution in [0, 0.1) is 18.3 Å². The summed E-state index contributed by atoms with van der Waals surface area (Å²) in [4.78, 5) is 20.4. The van der Waals surface area contributed by atoms with E-state index in [4.69, 9.17) is 37.4 Å². The zero-order valence-electron chi connectivity index (χ0n) is 30.5. The van der Waals surface area contributed by atoms with Crippen molar-refractivity contribution >= 4 is 29.2 Å². The van der Waals surface area contributed by atoms with Crippen LogP contribution in [-0.4, -0.2) is 82.4 Å². The molecule has 2 atom stereocenters. The molecular formula is C42H46Cl2N4O6. The summed E-state index contributed by atoms with van der Waals surface area (Å²) in [6.07, 6.45) is 7.61. The summed E-state index contributed by atoms with van der Waals surface area (Å²) in [6.45, 7) is 6.74. The second-order valence-electron chi connectivity index (χ2n) is 13.9. The number of hydrogen-bond acceptors (Lipinski definition) is 9. The Morgan fingerprint density at radius 2 is 1.74 bits per heavy atom. The molecule has 0 radical (unpaired) electrons. The molecule has 0 bridgehead atoms. The van der Waals surface area contributed by atoms with Gasteiger partial charge in [-0.05, 0) is 86.0 Å². The van der Waals surface area contributed by atoms with Gasteiger partial charge in [0.2, 0.25) is 0 Å². The number of aliphatic carboxylic acids is 1. The molecule has 3 aromatic carbocycles. The average molecular weight is 774 g/mol. The Labute approximate surface area is 326 Å². The van der Waals surface area contributed by atoms with Crippen LogP contribution in [0.25, 0.3) is 11.1 Å². The fourth-order valence-corrected chi connectivity index (χ4v) is 7.73. The van der Waals surface area contributed by atoms with Crippen LogP contribution in [0.4, 0.5) is 0 Å². The van der Waals surface area contributed by atoms with Crippen LogP contribution >= 0.6 is 23.2 Å². The first-order valence-electron chi connectivity index (χ1n) is 18.5. The van der Waals surface area contributed by atoms with Crippen LogP contribution in [0.1, 0.15) is 59.9 Å². The molecule has 4 aromatic rings. The molecule has 2 saturated heterocycles. The normalized spacial score (nSPS) is 17.6. The Bertz CT molecular complexity index is 1970. The maximum atomic E-state index is 11.9. The highest BCUT2D eigenvalue weighted by molar-refractivity contribution is 6.35. The molecule has 0 aliphatic carbocycles. The number of likely N-dealkylation sites (tertiary alicyclic amines) is 2. The highest BCUT2D eigenvalue weighted by Gasteiger charge is 2.28. The number of aromatic nitrogens is 1. The van der Waals surface area contributed by atoms with Gasteiger partial charge in [0.25, 0.3) is 0 Å². The Hall–Kier alpha value is -4.37. The van der Waals surface area contributed by atoms with Crippen LogP contribution in [0.2, 0.25) is 10.0 Å². The monoisotopic (exact) mass is 772 g/mol. The highest BCUT2D eigenvalue weighted by Crippen LogP contribution is 2.39. The number of β-amino-alcohol motifs (C(OH)–C–C–N with tert-alkyl or cyclic N) is 1. The van der Waals surface area contributed by atoms with Crippen molar-refractivity contribution in [2.24, 2.45) is 0 Å². The summed E-state index contributed by atoms with van der Waals surface area (Å²) in [5, 5.41) is 29.9. The largest absolute Gasteiger partial charge is 0.492 e. The van der Waals surface area contributed by atoms with Gasteiger partial charge in [-0.1, -0.05) is 60.0 Å². The van der Waals surface area contributed by atoms with Crippen LogP contribution in [0.3, 0.4) is 0 Å². The van der Waals surface area contributed by atoms with Crippen LogP contribution < -0.4 is 14.2 Å². The zero-order chi connectivity index (χ0) is 38.0. The standard InChI is InChI=1S/C42H46Cl2N4O6/c1-28-32(7-4-8-34(28)35-9-5-11-38(41(35)44)52-18-6-14-47-16-13-33(49)25-47)27-54-40-21-39(53-26-30-19-29(22-45)23-46-24-30)31(20-36(40)43)12-17-48-15-3-2-10-37(48)42(50)51/h4-5,7-9,11,19-21,23-24,33,37,49H,2-3,6,10,12-18,25-27H2,1H3,(H,50,51)/t33-,37?/m1/s1. The van der Waals surface area contributed by atoms with E-state index < -0.39 is 12.0 Å². The van der Waals surface area contributed by atoms with Gasteiger partial charge in [0.15, 0.2) is 0 Å². The molecule has 2 fully saturated rings. The number of benzene rings is 3. The van der Waals surface area contributed by atoms with E-state index in [1.165, 1.54) is 6.20 Å². The van der Waals surface area contributed by atoms with E-state index in [0.29, 0.717) is 65.4 Å². The maximum Gasteiger partial charge on any atom is 0.320 e. The lowest BCUT2D eigenvalue weighted by Crippen LogP contribution is -2.45. The molecule has 1 unspecified atom stereocenters. The number of carboxylic acids is 1. The summed E-state index contributed by atoms with van der Waals surface area (Å²) in [5.41, 5.74) is 5.80. The summed E-state index contributed by atoms with van der Waals surface area (Å²) in [5.74, 6) is 0.840. The second-order valence-corrected chi connectivity index (χ2v) is 14.7. The number of nitriles is 1. The van der Waals surface area contributed by atoms with E-state index in [1.807, 2.05) is 54.3 Å². The fraction of sp³-hybridized carbons (Fsp3) is 0.405. The fourth-order valence-electron chi connectivity index (χ4n) is 7.21. The van der Waals surface area contributed by atoms with Crippen molar-refractivity contribution < 1.29 is 29.2 Å². The maximum absolute atomic E-state index is 11.9. The van der Waals surface area contributed by atoms with Gasteiger partial charge < -0.3 is 29.3 Å². The molecule has 2 N–H and O–H groups in total. The summed E-state index contributed by atoms with van der Waals surface area (Å²) in [6, 6.07) is 18.8. The molecule has 3 heterocycles. The lowest BCUT2D eigenvalue weighted by Gasteiger charge is -2.33. The molecule has 6 rings (SSSR count). The minimum Gasteiger partial charge on any atom is -0.492 e. The Morgan fingerprint density at radius 1 is 0.926 bits per heavy atom. The molecule has 1 aromatic heterocycles. The van der Waals surface area contributed by atoms with Crippen LogP contribution in [0.5, 0.6) is 17.2 Å². The first-order chi connectivity index (χ1) is 26.2. The molecular weight excluding hydrogens is 727 g/mol. The first-order valence-corrected chi connectivity index (χ1v) is 19.2. The number of nitrogens with zero attached hydrogens (tertiary/aromatic N) is 4. The molecule has 284 valence electrons. The van der Waals surface area contributed by atoms with E-state index in [0.717, 1.165) is 78.7 Å². The lowest BCUT2D eigenvalue weighted by atomic mass is 9.96. The van der Waals surface area contributed by atoms with Crippen molar-refractivity contribution in [3.63, 3.8) is 0 Å². The molecule has 2 aliphatic rings. The Balaban J connectivity index is 1.17. The number of carbonyl (C=O) groups is 1. The average Bonchev–Trinajstić information content (AvgIpc) is 3.60. The first kappa shape index (κ1) is 39.3. The van der Waals surface area contributed by atoms with Crippen molar-refractivity contribution in [2.45, 2.75) is 70.8 Å². The number of hydrogen-bond donors (Lipinski definition) is 2. The van der Waals surface area contributed by atoms with Gasteiger partial charge in [0.1, 0.15) is 42.6 Å². The summed E-state index contributed by atoms with van der Waals surface area (Å²) < 4.78 is 18.8. The number of halogens is 2. The number of ether oxygens (including phenoxy) is 3. The highest BCUT2D eigenvalue weighted by atomic mass is 35.5. The van der Waals surface area contributed by atoms with Crippen LogP contribution in [0.15, 0.2) is 67.0 Å². The van der Waals surface area contributed by atoms with Crippen LogP contribution in [-0.2, 0) is 24.4 Å². The third-order valence-corrected chi connectivity index (χ3v) is 10.9. The molecule has 0 saturated carbocycles. The molecule has 0 amide bonds. The molecule has 10 nitrogen and oxygen atoms in total. The minimum absolute atomic E-state index is 0.172. The van der Waals surface area contributed by atoms with Crippen molar-refractivity contribution in [2.75, 3.05) is 39.3 Å². The van der Waals surface area contributed by atoms with E-state index in [9.17, 15) is 20.3 Å². The van der Waals surface area contributed by atoms with E-state index in [2.05, 4.69) is 16.0 Å². The number of aliphatic hydroxyl groups is 1. The van der Waals surface area contributed by atoms with Crippen molar-refractivity contribution in [3.8, 4) is 34.4 Å². The second kappa shape index (κ2) is 18.8. The predicted octanol–water partition coefficient (Wildman–Crippen LogP) is 7.71. The summed E-state index contributed by atoms with van der Waals surface area (Å²) >= 11 is 13.8. The zero-order valence-corrected chi connectivity index (χ0v) is 32.0. The van der Waals surface area contributed by atoms with Gasteiger partial charge in [0, 0.05) is 55.8 Å². The minimum atomic E-state index is -0.799. The van der Waals surface area contributed by atoms with Gasteiger partial charge in [-0.3, -0.25) is 14.7 Å². The van der Waals surface area contributed by atoms with Gasteiger partial charge in [-0.2, -0.15) is 5.26 Å². The number of pyridine rings is 1. The van der Waals surface area contributed by atoms with Gasteiger partial charge in [-0.15, -0.1) is 0 Å². The van der Waals surface area contributed by atoms with Crippen molar-refractivity contribution in [1.82, 2.24) is 14.8 Å². The Morgan fingerprint density at radius 3 is 2.54 bits per heavy atom. The third-order valence-electron chi connectivity index (χ3n) is 10.2. The Kier molecular flexibility index (Phi) is 13.7. The number of piperidine rings is 1. The smallest absolute Gasteiger partial charge is 0.320 e. The lowest BCUT2D eigenvalue weighted by molar-refractivity contribution is -0.144. The molecule has 2 aliphatic heterocycles. The van der Waals surface area contributed by atoms with E-state index >= 15 is 0 Å². The SMILES string of the molecule is Cc1c(COc2cc(OCc3cncc(C#N)c3)c(CCN3CCCCC3C(=O)O)cc2Cl)cccc1-c1cccc(OCCCN2CC[C@@H](O)C2)c1Cl. The van der Waals surface area contributed by atoms with Gasteiger partial charge in [0.05, 0.1) is 28.3 Å². The molecule has 0 spiro atoms. The van der Waals surface area contributed by atoms with Crippen molar-refractivity contribution in [1.29, 1.82) is 5.26 Å².